The molecule has 0 radical (unpaired) electrons. The molecule has 4 aromatic rings. The molecular formula is C32H34N2O8S. The van der Waals surface area contributed by atoms with E-state index in [2.05, 4.69) is 5.32 Å². The number of methoxy groups -OCH3 is 2. The third-order valence-electron chi connectivity index (χ3n) is 7.39. The minimum Gasteiger partial charge on any atom is -0.493 e. The molecule has 1 atom stereocenters. The SMILES string of the molecule is COc1ccc(-c2oc3ccccc3c(=O)c2OC(C)C(=O)Nc2ccc(S(=O)(=O)N3CCCCCC3)cc2)cc1OC. The molecule has 1 aliphatic rings. The molecule has 0 aliphatic carbocycles. The van der Waals surface area contributed by atoms with Crippen LogP contribution >= 0.6 is 0 Å². The molecule has 1 fully saturated rings. The van der Waals surface area contributed by atoms with Gasteiger partial charge in [-0.3, -0.25) is 9.59 Å². The topological polar surface area (TPSA) is 124 Å². The quantitative estimate of drug-likeness (QED) is 0.267. The summed E-state index contributed by atoms with van der Waals surface area (Å²) in [6, 6.07) is 17.8. The van der Waals surface area contributed by atoms with Gasteiger partial charge in [0.05, 0.1) is 24.5 Å². The Hall–Kier alpha value is -4.35. The molecule has 1 N–H and O–H groups in total. The number of carbonyl (C=O) groups is 1. The number of rotatable bonds is 9. The van der Waals surface area contributed by atoms with Crippen LogP contribution in [0.15, 0.2) is 80.8 Å². The van der Waals surface area contributed by atoms with Crippen molar-refractivity contribution in [2.24, 2.45) is 0 Å². The van der Waals surface area contributed by atoms with Gasteiger partial charge in [0.1, 0.15) is 5.58 Å². The summed E-state index contributed by atoms with van der Waals surface area (Å²) in [5, 5.41) is 3.04. The van der Waals surface area contributed by atoms with Crippen molar-refractivity contribution in [2.75, 3.05) is 32.6 Å². The number of para-hydroxylation sites is 1. The number of nitrogens with one attached hydrogen (secondary N) is 1. The molecule has 1 unspecified atom stereocenters. The number of nitrogens with zero attached hydrogens (tertiary/aromatic N) is 1. The number of amides is 1. The Morgan fingerprint density at radius 2 is 1.58 bits per heavy atom. The lowest BCUT2D eigenvalue weighted by Crippen LogP contribution is -2.32. The first-order valence-electron chi connectivity index (χ1n) is 14.1. The Morgan fingerprint density at radius 1 is 0.907 bits per heavy atom. The van der Waals surface area contributed by atoms with Crippen LogP contribution in [0.2, 0.25) is 0 Å². The van der Waals surface area contributed by atoms with Crippen molar-refractivity contribution in [2.45, 2.75) is 43.6 Å². The molecule has 2 heterocycles. The highest BCUT2D eigenvalue weighted by Crippen LogP contribution is 2.37. The van der Waals surface area contributed by atoms with Gasteiger partial charge in [-0.05, 0) is 74.4 Å². The minimum atomic E-state index is -3.62. The number of hydrogen-bond donors (Lipinski definition) is 1. The van der Waals surface area contributed by atoms with Crippen LogP contribution in [0.1, 0.15) is 32.6 Å². The Bertz CT molecular complexity index is 1780. The van der Waals surface area contributed by atoms with Crippen molar-refractivity contribution in [3.8, 4) is 28.6 Å². The van der Waals surface area contributed by atoms with Crippen molar-refractivity contribution >= 4 is 32.6 Å². The fraction of sp³-hybridized carbons (Fsp3) is 0.312. The smallest absolute Gasteiger partial charge is 0.265 e. The van der Waals surface area contributed by atoms with Crippen molar-refractivity contribution in [3.05, 3.63) is 77.0 Å². The van der Waals surface area contributed by atoms with Gasteiger partial charge in [0.25, 0.3) is 5.91 Å². The molecule has 43 heavy (non-hydrogen) atoms. The molecule has 0 saturated carbocycles. The normalized spacial score (nSPS) is 15.0. The average molecular weight is 607 g/mol. The molecule has 1 amide bonds. The Labute approximate surface area is 250 Å². The predicted octanol–water partition coefficient (Wildman–Crippen LogP) is 5.45. The van der Waals surface area contributed by atoms with Gasteiger partial charge in [0, 0.05) is 24.3 Å². The van der Waals surface area contributed by atoms with Gasteiger partial charge in [0.15, 0.2) is 23.4 Å². The Morgan fingerprint density at radius 3 is 2.26 bits per heavy atom. The first-order chi connectivity index (χ1) is 20.7. The number of sulfonamides is 1. The van der Waals surface area contributed by atoms with Crippen LogP contribution in [0, 0.1) is 0 Å². The zero-order valence-corrected chi connectivity index (χ0v) is 25.1. The molecule has 5 rings (SSSR count). The van der Waals surface area contributed by atoms with Crippen molar-refractivity contribution in [1.82, 2.24) is 4.31 Å². The molecule has 226 valence electrons. The lowest BCUT2D eigenvalue weighted by atomic mass is 10.1. The summed E-state index contributed by atoms with van der Waals surface area (Å²) in [5.74, 6) is 0.387. The van der Waals surface area contributed by atoms with Crippen molar-refractivity contribution in [1.29, 1.82) is 0 Å². The van der Waals surface area contributed by atoms with E-state index in [1.54, 1.807) is 42.5 Å². The number of benzene rings is 3. The zero-order valence-electron chi connectivity index (χ0n) is 24.3. The summed E-state index contributed by atoms with van der Waals surface area (Å²) < 4.78 is 50.6. The van der Waals surface area contributed by atoms with Gasteiger partial charge in [-0.25, -0.2) is 8.42 Å². The average Bonchev–Trinajstić information content (AvgIpc) is 3.33. The lowest BCUT2D eigenvalue weighted by molar-refractivity contribution is -0.122. The highest BCUT2D eigenvalue weighted by atomic mass is 32.2. The van der Waals surface area contributed by atoms with Crippen LogP contribution in [0.5, 0.6) is 17.2 Å². The number of hydrogen-bond acceptors (Lipinski definition) is 8. The first-order valence-corrected chi connectivity index (χ1v) is 15.5. The molecule has 1 aromatic heterocycles. The molecule has 10 nitrogen and oxygen atoms in total. The predicted molar refractivity (Wildman–Crippen MR) is 163 cm³/mol. The van der Waals surface area contributed by atoms with Crippen LogP contribution in [0.25, 0.3) is 22.3 Å². The summed E-state index contributed by atoms with van der Waals surface area (Å²) in [6.07, 6.45) is 2.62. The summed E-state index contributed by atoms with van der Waals surface area (Å²) in [5.41, 5.74) is 0.802. The maximum Gasteiger partial charge on any atom is 0.265 e. The third kappa shape index (κ3) is 6.37. The second-order valence-electron chi connectivity index (χ2n) is 10.2. The van der Waals surface area contributed by atoms with E-state index >= 15 is 0 Å². The van der Waals surface area contributed by atoms with E-state index in [1.807, 2.05) is 0 Å². The largest absolute Gasteiger partial charge is 0.493 e. The number of fused-ring (bicyclic) bond motifs is 1. The second kappa shape index (κ2) is 12.9. The van der Waals surface area contributed by atoms with Gasteiger partial charge in [-0.15, -0.1) is 0 Å². The van der Waals surface area contributed by atoms with E-state index in [9.17, 15) is 18.0 Å². The maximum atomic E-state index is 13.6. The number of anilines is 1. The third-order valence-corrected chi connectivity index (χ3v) is 9.30. The van der Waals surface area contributed by atoms with Gasteiger partial charge >= 0.3 is 0 Å². The van der Waals surface area contributed by atoms with Crippen LogP contribution in [-0.2, 0) is 14.8 Å². The molecule has 1 saturated heterocycles. The van der Waals surface area contributed by atoms with Gasteiger partial charge in [0.2, 0.25) is 21.2 Å². The maximum absolute atomic E-state index is 13.6. The number of carbonyl (C=O) groups excluding carboxylic acids is 1. The zero-order chi connectivity index (χ0) is 30.6. The molecule has 3 aromatic carbocycles. The van der Waals surface area contributed by atoms with Crippen molar-refractivity contribution in [3.63, 3.8) is 0 Å². The van der Waals surface area contributed by atoms with Crippen molar-refractivity contribution < 1.29 is 31.8 Å². The first kappa shape index (κ1) is 30.1. The monoisotopic (exact) mass is 606 g/mol. The number of ether oxygens (including phenoxy) is 3. The van der Waals surface area contributed by atoms with E-state index < -0.39 is 27.5 Å². The van der Waals surface area contributed by atoms with Gasteiger partial charge in [-0.1, -0.05) is 25.0 Å². The van der Waals surface area contributed by atoms with E-state index in [4.69, 9.17) is 18.6 Å². The Kier molecular flexibility index (Phi) is 9.02. The van der Waals surface area contributed by atoms with Gasteiger partial charge < -0.3 is 23.9 Å². The molecule has 0 bridgehead atoms. The Balaban J connectivity index is 1.39. The highest BCUT2D eigenvalue weighted by molar-refractivity contribution is 7.89. The van der Waals surface area contributed by atoms with E-state index in [0.717, 1.165) is 25.7 Å². The summed E-state index contributed by atoms with van der Waals surface area (Å²) in [4.78, 5) is 26.9. The fourth-order valence-corrected chi connectivity index (χ4v) is 6.53. The van der Waals surface area contributed by atoms with Gasteiger partial charge in [-0.2, -0.15) is 4.31 Å². The van der Waals surface area contributed by atoms with Crippen LogP contribution in [-0.4, -0.2) is 52.0 Å². The highest BCUT2D eigenvalue weighted by Gasteiger charge is 2.26. The molecule has 1 aliphatic heterocycles. The fourth-order valence-electron chi connectivity index (χ4n) is 5.02. The van der Waals surface area contributed by atoms with Crippen LogP contribution in [0.4, 0.5) is 5.69 Å². The summed E-state index contributed by atoms with van der Waals surface area (Å²) >= 11 is 0. The van der Waals surface area contributed by atoms with Crippen LogP contribution < -0.4 is 25.0 Å². The van der Waals surface area contributed by atoms with E-state index in [0.29, 0.717) is 46.8 Å². The second-order valence-corrected chi connectivity index (χ2v) is 12.2. The summed E-state index contributed by atoms with van der Waals surface area (Å²) in [7, 11) is -0.600. The minimum absolute atomic E-state index is 0.132. The van der Waals surface area contributed by atoms with E-state index in [-0.39, 0.29) is 16.4 Å². The lowest BCUT2D eigenvalue weighted by Gasteiger charge is -2.20. The standard InChI is InChI=1S/C32H34N2O8S/c1-21(32(36)33-23-13-15-24(16-14-23)43(37,38)34-18-8-4-5-9-19-34)41-31-29(35)25-10-6-7-11-26(25)42-30(31)22-12-17-27(39-2)28(20-22)40-3/h6-7,10-17,20-21H,4-5,8-9,18-19H2,1-3H3,(H,33,36). The molecule has 11 heteroatoms. The molecular weight excluding hydrogens is 572 g/mol. The molecule has 0 spiro atoms. The van der Waals surface area contributed by atoms with E-state index in [1.165, 1.54) is 49.7 Å². The van der Waals surface area contributed by atoms with Crippen LogP contribution in [0.3, 0.4) is 0 Å². The summed E-state index contributed by atoms with van der Waals surface area (Å²) in [6.45, 7) is 2.52.